The van der Waals surface area contributed by atoms with Crippen LogP contribution in [0.2, 0.25) is 0 Å². The van der Waals surface area contributed by atoms with E-state index in [1.165, 1.54) is 43.6 Å². The van der Waals surface area contributed by atoms with Crippen molar-refractivity contribution in [3.05, 3.63) is 36.3 Å². The van der Waals surface area contributed by atoms with E-state index in [9.17, 15) is 17.2 Å². The minimum absolute atomic E-state index is 0.000656. The molecule has 0 bridgehead atoms. The van der Waals surface area contributed by atoms with Crippen LogP contribution in [0.15, 0.2) is 29.4 Å². The molecule has 3 rings (SSSR count). The number of nitrogens with two attached hydrogens (primary N) is 1. The number of rotatable bonds is 5. The Morgan fingerprint density at radius 2 is 1.97 bits per heavy atom. The highest BCUT2D eigenvalue weighted by atomic mass is 32.2. The Hall–Kier alpha value is -2.79. The topological polar surface area (TPSA) is 120 Å². The summed E-state index contributed by atoms with van der Waals surface area (Å²) < 4.78 is 59.9. The Labute approximate surface area is 165 Å². The second-order valence-electron chi connectivity index (χ2n) is 7.26. The summed E-state index contributed by atoms with van der Waals surface area (Å²) in [4.78, 5) is 7.28. The van der Waals surface area contributed by atoms with Gasteiger partial charge in [-0.15, -0.1) is 0 Å². The molecule has 156 valence electrons. The van der Waals surface area contributed by atoms with Gasteiger partial charge in [-0.2, -0.15) is 9.37 Å². The van der Waals surface area contributed by atoms with Crippen molar-refractivity contribution in [2.24, 2.45) is 0 Å². The first-order chi connectivity index (χ1) is 13.5. The van der Waals surface area contributed by atoms with Crippen LogP contribution in [0.4, 0.5) is 14.6 Å². The predicted octanol–water partition coefficient (Wildman–Crippen LogP) is 2.20. The first kappa shape index (κ1) is 20.9. The van der Waals surface area contributed by atoms with E-state index < -0.39 is 32.2 Å². The van der Waals surface area contributed by atoms with Gasteiger partial charge in [-0.25, -0.2) is 17.8 Å². The van der Waals surface area contributed by atoms with Crippen LogP contribution < -0.4 is 10.5 Å². The van der Waals surface area contributed by atoms with Crippen molar-refractivity contribution in [1.29, 1.82) is 0 Å². The lowest BCUT2D eigenvalue weighted by molar-refractivity contribution is 0.198. The largest absolute Gasteiger partial charge is 0.490 e. The summed E-state index contributed by atoms with van der Waals surface area (Å²) in [5.74, 6) is -2.52. The lowest BCUT2D eigenvalue weighted by atomic mass is 10.2. The fourth-order valence-electron chi connectivity index (χ4n) is 2.65. The molecular weight excluding hydrogens is 406 g/mol. The number of hydrogen-bond donors (Lipinski definition) is 2. The third-order valence-corrected chi connectivity index (χ3v) is 6.75. The SMILES string of the molecule is CC(C)(C)S(=O)(=O)c1cn2c(-c3cc(F)c(N)nc3F)cnc2cc1OCCO. The van der Waals surface area contributed by atoms with Gasteiger partial charge in [0.1, 0.15) is 22.9 Å². The molecule has 11 heteroatoms. The fraction of sp³-hybridized carbons (Fsp3) is 0.333. The molecule has 8 nitrogen and oxygen atoms in total. The smallest absolute Gasteiger partial charge is 0.224 e. The van der Waals surface area contributed by atoms with Gasteiger partial charge >= 0.3 is 0 Å². The maximum Gasteiger partial charge on any atom is 0.224 e. The number of aliphatic hydroxyl groups excluding tert-OH is 1. The van der Waals surface area contributed by atoms with Crippen molar-refractivity contribution < 1.29 is 27.0 Å². The molecule has 0 aliphatic heterocycles. The number of nitrogens with zero attached hydrogens (tertiary/aromatic N) is 3. The molecule has 0 atom stereocenters. The van der Waals surface area contributed by atoms with Crippen LogP contribution in [0, 0.1) is 11.8 Å². The highest BCUT2D eigenvalue weighted by Gasteiger charge is 2.34. The molecule has 3 heterocycles. The number of hydrogen-bond acceptors (Lipinski definition) is 7. The number of fused-ring (bicyclic) bond motifs is 1. The van der Waals surface area contributed by atoms with E-state index in [1.807, 2.05) is 0 Å². The number of anilines is 1. The average molecular weight is 426 g/mol. The van der Waals surface area contributed by atoms with Crippen LogP contribution in [-0.4, -0.2) is 45.9 Å². The molecule has 0 aromatic carbocycles. The van der Waals surface area contributed by atoms with Gasteiger partial charge in [-0.05, 0) is 26.8 Å². The molecule has 0 spiro atoms. The van der Waals surface area contributed by atoms with E-state index in [0.717, 1.165) is 6.07 Å². The average Bonchev–Trinajstić information content (AvgIpc) is 3.03. The normalized spacial score (nSPS) is 12.5. The summed E-state index contributed by atoms with van der Waals surface area (Å²) in [6.45, 7) is 4.13. The zero-order chi connectivity index (χ0) is 21.6. The zero-order valence-corrected chi connectivity index (χ0v) is 16.8. The summed E-state index contributed by atoms with van der Waals surface area (Å²) in [7, 11) is -3.89. The van der Waals surface area contributed by atoms with E-state index >= 15 is 0 Å². The van der Waals surface area contributed by atoms with Crippen LogP contribution in [-0.2, 0) is 9.84 Å². The number of nitrogen functional groups attached to an aromatic ring is 1. The van der Waals surface area contributed by atoms with Crippen molar-refractivity contribution in [2.45, 2.75) is 30.4 Å². The standard InChI is InChI=1S/C18H20F2N4O4S/c1-18(2,3)29(26,27)14-9-24-12(10-6-11(19)17(21)23-16(10)20)8-22-15(24)7-13(14)28-5-4-25/h6-9,25H,4-5H2,1-3H3,(H2,21,23). The number of aromatic nitrogens is 3. The molecule has 0 saturated heterocycles. The Kier molecular flexibility index (Phi) is 5.22. The van der Waals surface area contributed by atoms with Crippen LogP contribution in [0.3, 0.4) is 0 Å². The second kappa shape index (κ2) is 7.23. The molecule has 0 saturated carbocycles. The van der Waals surface area contributed by atoms with Crippen molar-refractivity contribution >= 4 is 21.3 Å². The number of aliphatic hydroxyl groups is 1. The van der Waals surface area contributed by atoms with Crippen LogP contribution in [0.1, 0.15) is 20.8 Å². The molecule has 0 amide bonds. The highest BCUT2D eigenvalue weighted by molar-refractivity contribution is 7.92. The maximum absolute atomic E-state index is 14.3. The minimum atomic E-state index is -3.89. The highest BCUT2D eigenvalue weighted by Crippen LogP contribution is 2.35. The van der Waals surface area contributed by atoms with Crippen LogP contribution in [0.5, 0.6) is 5.75 Å². The van der Waals surface area contributed by atoms with Gasteiger partial charge in [0.15, 0.2) is 21.5 Å². The number of sulfone groups is 1. The number of imidazole rings is 1. The molecule has 0 radical (unpaired) electrons. The minimum Gasteiger partial charge on any atom is -0.490 e. The van der Waals surface area contributed by atoms with E-state index in [2.05, 4.69) is 9.97 Å². The first-order valence-electron chi connectivity index (χ1n) is 8.58. The number of ether oxygens (including phenoxy) is 1. The van der Waals surface area contributed by atoms with Crippen molar-refractivity contribution in [3.63, 3.8) is 0 Å². The number of halogens is 2. The maximum atomic E-state index is 14.3. The molecule has 0 aliphatic carbocycles. The Balaban J connectivity index is 2.31. The van der Waals surface area contributed by atoms with Gasteiger partial charge in [0, 0.05) is 12.3 Å². The van der Waals surface area contributed by atoms with Crippen LogP contribution >= 0.6 is 0 Å². The third-order valence-electron chi connectivity index (χ3n) is 4.25. The Bertz CT molecular complexity index is 1190. The van der Waals surface area contributed by atoms with Gasteiger partial charge in [0.05, 0.1) is 28.8 Å². The summed E-state index contributed by atoms with van der Waals surface area (Å²) in [5.41, 5.74) is 5.38. The third kappa shape index (κ3) is 3.62. The van der Waals surface area contributed by atoms with E-state index in [4.69, 9.17) is 15.6 Å². The van der Waals surface area contributed by atoms with Gasteiger partial charge in [-0.1, -0.05) is 0 Å². The molecule has 0 unspecified atom stereocenters. The van der Waals surface area contributed by atoms with Gasteiger partial charge in [0.2, 0.25) is 5.95 Å². The van der Waals surface area contributed by atoms with Crippen molar-refractivity contribution in [2.75, 3.05) is 18.9 Å². The monoisotopic (exact) mass is 426 g/mol. The van der Waals surface area contributed by atoms with Gasteiger partial charge in [0.25, 0.3) is 0 Å². The van der Waals surface area contributed by atoms with Gasteiger partial charge < -0.3 is 15.6 Å². The zero-order valence-electron chi connectivity index (χ0n) is 16.0. The summed E-state index contributed by atoms with van der Waals surface area (Å²) >= 11 is 0. The van der Waals surface area contributed by atoms with Crippen LogP contribution in [0.25, 0.3) is 16.9 Å². The number of pyridine rings is 2. The van der Waals surface area contributed by atoms with Crippen molar-refractivity contribution in [3.8, 4) is 17.0 Å². The quantitative estimate of drug-likeness (QED) is 0.600. The fourth-order valence-corrected chi connectivity index (χ4v) is 3.93. The molecule has 29 heavy (non-hydrogen) atoms. The molecule has 0 aliphatic rings. The summed E-state index contributed by atoms with van der Waals surface area (Å²) in [5, 5.41) is 9.04. The predicted molar refractivity (Wildman–Crippen MR) is 102 cm³/mol. The van der Waals surface area contributed by atoms with E-state index in [0.29, 0.717) is 0 Å². The summed E-state index contributed by atoms with van der Waals surface area (Å²) in [6.07, 6.45) is 2.49. The molecular formula is C18H20F2N4O4S. The molecule has 3 aromatic heterocycles. The van der Waals surface area contributed by atoms with E-state index in [-0.39, 0.29) is 40.8 Å². The molecule has 3 aromatic rings. The second-order valence-corrected chi connectivity index (χ2v) is 9.93. The first-order valence-corrected chi connectivity index (χ1v) is 10.1. The Morgan fingerprint density at radius 3 is 2.59 bits per heavy atom. The molecule has 3 N–H and O–H groups in total. The summed E-state index contributed by atoms with van der Waals surface area (Å²) in [6, 6.07) is 2.23. The van der Waals surface area contributed by atoms with Crippen molar-refractivity contribution in [1.82, 2.24) is 14.4 Å². The van der Waals surface area contributed by atoms with E-state index in [1.54, 1.807) is 0 Å². The molecule has 0 fully saturated rings. The lowest BCUT2D eigenvalue weighted by Crippen LogP contribution is -2.28. The van der Waals surface area contributed by atoms with Gasteiger partial charge in [-0.3, -0.25) is 4.40 Å². The lowest BCUT2D eigenvalue weighted by Gasteiger charge is -2.21. The Morgan fingerprint density at radius 1 is 1.28 bits per heavy atom.